The van der Waals surface area contributed by atoms with Gasteiger partial charge in [-0.05, 0) is 64.2 Å². The summed E-state index contributed by atoms with van der Waals surface area (Å²) in [5.74, 6) is -0.461. The van der Waals surface area contributed by atoms with Gasteiger partial charge in [0, 0.05) is 54.9 Å². The van der Waals surface area contributed by atoms with Gasteiger partial charge in [-0.25, -0.2) is 4.79 Å². The van der Waals surface area contributed by atoms with Crippen LogP contribution in [0.25, 0.3) is 0 Å². The Labute approximate surface area is 214 Å². The number of hydrogen-bond acceptors (Lipinski definition) is 5. The number of pyridine rings is 1. The smallest absolute Gasteiger partial charge is 0.407 e. The topological polar surface area (TPSA) is 121 Å². The van der Waals surface area contributed by atoms with E-state index in [1.807, 2.05) is 26.8 Å². The van der Waals surface area contributed by atoms with Crippen molar-refractivity contribution in [2.45, 2.75) is 71.8 Å². The molecule has 0 saturated heterocycles. The average molecular weight is 518 g/mol. The molecule has 1 saturated carbocycles. The maximum atomic E-state index is 13.1. The number of halogens is 1. The van der Waals surface area contributed by atoms with E-state index in [2.05, 4.69) is 10.3 Å². The zero-order valence-corrected chi connectivity index (χ0v) is 21.9. The molecule has 1 fully saturated rings. The molecule has 1 atom stereocenters. The number of amides is 2. The minimum atomic E-state index is -0.967. The molecule has 2 aromatic rings. The van der Waals surface area contributed by atoms with Crippen LogP contribution in [0.1, 0.15) is 65.3 Å². The zero-order chi connectivity index (χ0) is 26.4. The maximum Gasteiger partial charge on any atom is 0.407 e. The van der Waals surface area contributed by atoms with Crippen LogP contribution in [0, 0.1) is 26.7 Å². The lowest BCUT2D eigenvalue weighted by molar-refractivity contribution is -0.123. The van der Waals surface area contributed by atoms with E-state index in [0.29, 0.717) is 41.0 Å². The van der Waals surface area contributed by atoms with Gasteiger partial charge in [-0.15, -0.1) is 0 Å². The van der Waals surface area contributed by atoms with Gasteiger partial charge in [-0.2, -0.15) is 0 Å². The molecular weight excluding hydrogens is 486 g/mol. The second-order valence-corrected chi connectivity index (χ2v) is 10.3. The predicted octanol–water partition coefficient (Wildman–Crippen LogP) is 4.54. The number of carbonyl (C=O) groups is 2. The lowest BCUT2D eigenvalue weighted by atomic mass is 9.81. The number of hydrogen-bond donors (Lipinski definition) is 3. The summed E-state index contributed by atoms with van der Waals surface area (Å²) in [6.07, 6.45) is 1.97. The maximum absolute atomic E-state index is 13.1. The highest BCUT2D eigenvalue weighted by Gasteiger charge is 2.47. The van der Waals surface area contributed by atoms with E-state index in [-0.39, 0.29) is 35.0 Å². The van der Waals surface area contributed by atoms with E-state index in [1.165, 1.54) is 4.90 Å². The van der Waals surface area contributed by atoms with Crippen molar-refractivity contribution in [1.29, 1.82) is 0 Å². The number of fused-ring (bicyclic) bond motifs is 1. The van der Waals surface area contributed by atoms with Gasteiger partial charge < -0.3 is 29.8 Å². The molecule has 3 N–H and O–H groups in total. The van der Waals surface area contributed by atoms with Crippen LogP contribution >= 0.6 is 11.6 Å². The van der Waals surface area contributed by atoms with Crippen LogP contribution in [0.3, 0.4) is 0 Å². The fraction of sp³-hybridized carbons (Fsp3) is 0.500. The van der Waals surface area contributed by atoms with E-state index in [1.54, 1.807) is 20.0 Å². The quantitative estimate of drug-likeness (QED) is 0.535. The predicted molar refractivity (Wildman–Crippen MR) is 135 cm³/mol. The highest BCUT2D eigenvalue weighted by Crippen LogP contribution is 2.51. The van der Waals surface area contributed by atoms with Gasteiger partial charge >= 0.3 is 6.09 Å². The molecule has 1 aromatic heterocycles. The van der Waals surface area contributed by atoms with Gasteiger partial charge in [-0.3, -0.25) is 9.59 Å². The Kier molecular flexibility index (Phi) is 6.96. The minimum absolute atomic E-state index is 0.0313. The molecule has 9 nitrogen and oxygen atoms in total. The number of nitrogens with one attached hydrogen (secondary N) is 2. The van der Waals surface area contributed by atoms with Crippen LogP contribution in [0.4, 0.5) is 4.79 Å². The van der Waals surface area contributed by atoms with Crippen LogP contribution in [0.2, 0.25) is 5.02 Å². The molecule has 2 amide bonds. The van der Waals surface area contributed by atoms with Gasteiger partial charge in [0.1, 0.15) is 0 Å². The lowest BCUT2D eigenvalue weighted by Crippen LogP contribution is -2.47. The Balaban J connectivity index is 1.49. The van der Waals surface area contributed by atoms with Crippen molar-refractivity contribution in [3.8, 4) is 11.5 Å². The van der Waals surface area contributed by atoms with Gasteiger partial charge in [0.05, 0.1) is 5.02 Å². The van der Waals surface area contributed by atoms with Crippen LogP contribution < -0.4 is 20.3 Å². The van der Waals surface area contributed by atoms with E-state index in [0.717, 1.165) is 24.1 Å². The molecule has 1 unspecified atom stereocenters. The first-order valence-corrected chi connectivity index (χ1v) is 12.4. The first-order chi connectivity index (χ1) is 16.9. The van der Waals surface area contributed by atoms with Crippen LogP contribution in [-0.4, -0.2) is 45.9 Å². The number of benzene rings is 1. The van der Waals surface area contributed by atoms with Gasteiger partial charge in [0.25, 0.3) is 17.3 Å². The highest BCUT2D eigenvalue weighted by atomic mass is 35.5. The molecule has 0 spiro atoms. The third-order valence-corrected chi connectivity index (χ3v) is 7.78. The van der Waals surface area contributed by atoms with Gasteiger partial charge in [0.15, 0.2) is 11.5 Å². The van der Waals surface area contributed by atoms with Crippen molar-refractivity contribution in [3.05, 3.63) is 55.5 Å². The van der Waals surface area contributed by atoms with Crippen molar-refractivity contribution in [2.75, 3.05) is 7.05 Å². The highest BCUT2D eigenvalue weighted by molar-refractivity contribution is 6.33. The molecule has 4 rings (SSSR count). The van der Waals surface area contributed by atoms with E-state index in [4.69, 9.17) is 21.1 Å². The molecule has 1 aliphatic heterocycles. The first kappa shape index (κ1) is 25.9. The number of aryl methyl sites for hydroxylation is 2. The summed E-state index contributed by atoms with van der Waals surface area (Å²) in [5, 5.41) is 12.4. The Bertz CT molecular complexity index is 1270. The Hall–Kier alpha value is -3.20. The number of carboxylic acid groups (broad SMARTS) is 1. The lowest BCUT2D eigenvalue weighted by Gasteiger charge is -2.39. The molecular formula is C26H32ClN3O6. The Morgan fingerprint density at radius 3 is 2.42 bits per heavy atom. The number of H-pyrrole nitrogens is 1. The van der Waals surface area contributed by atoms with Gasteiger partial charge in [0.2, 0.25) is 0 Å². The average Bonchev–Trinajstić information content (AvgIpc) is 3.20. The minimum Gasteiger partial charge on any atom is -0.465 e. The largest absolute Gasteiger partial charge is 0.465 e. The van der Waals surface area contributed by atoms with E-state index in [9.17, 15) is 19.5 Å². The van der Waals surface area contributed by atoms with E-state index < -0.39 is 11.9 Å². The monoisotopic (exact) mass is 517 g/mol. The normalized spacial score (nSPS) is 22.8. The summed E-state index contributed by atoms with van der Waals surface area (Å²) >= 11 is 6.53. The summed E-state index contributed by atoms with van der Waals surface area (Å²) < 4.78 is 12.6. The molecule has 10 heteroatoms. The van der Waals surface area contributed by atoms with Crippen molar-refractivity contribution in [1.82, 2.24) is 15.2 Å². The second kappa shape index (κ2) is 9.69. The van der Waals surface area contributed by atoms with Gasteiger partial charge in [-0.1, -0.05) is 11.6 Å². The second-order valence-electron chi connectivity index (χ2n) is 9.93. The molecule has 0 bridgehead atoms. The summed E-state index contributed by atoms with van der Waals surface area (Å²) in [5.41, 5.74) is 2.78. The summed E-state index contributed by atoms with van der Waals surface area (Å²) in [6.45, 7) is 7.36. The number of rotatable bonds is 5. The van der Waals surface area contributed by atoms with Crippen LogP contribution in [0.5, 0.6) is 11.5 Å². The van der Waals surface area contributed by atoms with Crippen molar-refractivity contribution in [2.24, 2.45) is 5.92 Å². The standard InChI is InChI=1S/C26H32ClN3O6/c1-13-10-14(2)29-24(32)19(13)12-28-23(31)18-11-20(27)22-21(15(18)3)35-26(4,36-22)16-6-8-17(9-7-16)30(5)25(33)34/h10-11,16-17H,6-9,12H2,1-5H3,(H,28,31)(H,29,32)(H,33,34). The molecule has 2 heterocycles. The van der Waals surface area contributed by atoms with E-state index >= 15 is 0 Å². The number of aromatic nitrogens is 1. The third-order valence-electron chi connectivity index (χ3n) is 7.50. The van der Waals surface area contributed by atoms with Crippen LogP contribution in [-0.2, 0) is 6.54 Å². The SMILES string of the molecule is Cc1cc(C)c(CNC(=O)c2cc(Cl)c3c(c2C)OC(C)(C2CCC(N(C)C(=O)O)CC2)O3)c(=O)[nH]1. The summed E-state index contributed by atoms with van der Waals surface area (Å²) in [4.78, 5) is 40.8. The Morgan fingerprint density at radius 1 is 1.17 bits per heavy atom. The van der Waals surface area contributed by atoms with Crippen molar-refractivity contribution < 1.29 is 24.2 Å². The molecule has 194 valence electrons. The third kappa shape index (κ3) is 4.76. The molecule has 36 heavy (non-hydrogen) atoms. The van der Waals surface area contributed by atoms with Crippen LogP contribution in [0.15, 0.2) is 16.9 Å². The Morgan fingerprint density at radius 2 is 1.81 bits per heavy atom. The molecule has 0 radical (unpaired) electrons. The summed E-state index contributed by atoms with van der Waals surface area (Å²) in [6, 6.07) is 3.39. The zero-order valence-electron chi connectivity index (χ0n) is 21.2. The number of nitrogens with zero attached hydrogens (tertiary/aromatic N) is 1. The molecule has 2 aliphatic rings. The first-order valence-electron chi connectivity index (χ1n) is 12.1. The van der Waals surface area contributed by atoms with Crippen molar-refractivity contribution >= 4 is 23.6 Å². The fourth-order valence-corrected chi connectivity index (χ4v) is 5.49. The molecule has 1 aromatic carbocycles. The number of ether oxygens (including phenoxy) is 2. The van der Waals surface area contributed by atoms with Crippen molar-refractivity contribution in [3.63, 3.8) is 0 Å². The number of aromatic amines is 1. The molecule has 1 aliphatic carbocycles. The fourth-order valence-electron chi connectivity index (χ4n) is 5.26. The number of carbonyl (C=O) groups excluding carboxylic acids is 1. The summed E-state index contributed by atoms with van der Waals surface area (Å²) in [7, 11) is 1.60.